The number of nitrogens with one attached hydrogen (secondary N) is 1. The number of ether oxygens (including phenoxy) is 1. The van der Waals surface area contributed by atoms with Crippen LogP contribution in [0, 0.1) is 5.92 Å². The van der Waals surface area contributed by atoms with E-state index in [2.05, 4.69) is 4.98 Å². The maximum absolute atomic E-state index is 12.3. The number of hydrogen-bond donors (Lipinski definition) is 2. The van der Waals surface area contributed by atoms with Gasteiger partial charge in [-0.3, -0.25) is 9.59 Å². The number of aromatic nitrogens is 1. The van der Waals surface area contributed by atoms with Gasteiger partial charge in [-0.1, -0.05) is 13.0 Å². The third-order valence-corrected chi connectivity index (χ3v) is 3.24. The number of carboxylic acid groups (broad SMARTS) is 1. The van der Waals surface area contributed by atoms with Gasteiger partial charge < -0.3 is 14.8 Å². The maximum Gasteiger partial charge on any atom is 0.303 e. The molecule has 0 aliphatic heterocycles. The standard InChI is InChI=1S/C15H17NO4/c1-9(7-14(18)19)6-12(17)10-8-16-11-4-3-5-13(20-2)15(10)11/h3-5,8-9,16H,6-7H2,1-2H3,(H,18,19). The average Bonchev–Trinajstić information content (AvgIpc) is 2.81. The summed E-state index contributed by atoms with van der Waals surface area (Å²) >= 11 is 0. The van der Waals surface area contributed by atoms with E-state index >= 15 is 0 Å². The monoisotopic (exact) mass is 275 g/mol. The molecule has 0 bridgehead atoms. The molecule has 2 aromatic rings. The maximum atomic E-state index is 12.3. The van der Waals surface area contributed by atoms with Gasteiger partial charge in [0.05, 0.1) is 12.5 Å². The molecule has 0 aliphatic rings. The summed E-state index contributed by atoms with van der Waals surface area (Å²) in [6.45, 7) is 1.76. The van der Waals surface area contributed by atoms with Gasteiger partial charge in [-0.2, -0.15) is 0 Å². The molecule has 5 heteroatoms. The number of ketones is 1. The zero-order valence-corrected chi connectivity index (χ0v) is 11.5. The number of fused-ring (bicyclic) bond motifs is 1. The molecule has 0 saturated carbocycles. The van der Waals surface area contributed by atoms with Gasteiger partial charge in [0, 0.05) is 30.1 Å². The smallest absolute Gasteiger partial charge is 0.303 e. The largest absolute Gasteiger partial charge is 0.496 e. The summed E-state index contributed by atoms with van der Waals surface area (Å²) in [6, 6.07) is 5.52. The van der Waals surface area contributed by atoms with Crippen LogP contribution in [0.5, 0.6) is 5.75 Å². The summed E-state index contributed by atoms with van der Waals surface area (Å²) in [5.74, 6) is -0.519. The lowest BCUT2D eigenvalue weighted by atomic mass is 9.97. The molecule has 1 atom stereocenters. The molecule has 0 radical (unpaired) electrons. The van der Waals surface area contributed by atoms with Crippen molar-refractivity contribution in [2.75, 3.05) is 7.11 Å². The molecule has 1 aromatic heterocycles. The highest BCUT2D eigenvalue weighted by atomic mass is 16.5. The Morgan fingerprint density at radius 3 is 2.75 bits per heavy atom. The predicted molar refractivity (Wildman–Crippen MR) is 75.2 cm³/mol. The first-order valence-electron chi connectivity index (χ1n) is 6.42. The summed E-state index contributed by atoms with van der Waals surface area (Å²) in [6.07, 6.45) is 1.85. The Labute approximate surface area is 116 Å². The summed E-state index contributed by atoms with van der Waals surface area (Å²) in [5.41, 5.74) is 1.38. The number of aliphatic carboxylic acids is 1. The minimum Gasteiger partial charge on any atom is -0.496 e. The number of methoxy groups -OCH3 is 1. The molecule has 20 heavy (non-hydrogen) atoms. The second-order valence-electron chi connectivity index (χ2n) is 4.92. The minimum atomic E-state index is -0.887. The SMILES string of the molecule is COc1cccc2[nH]cc(C(=O)CC(C)CC(=O)O)c12. The molecule has 2 rings (SSSR count). The highest BCUT2D eigenvalue weighted by molar-refractivity contribution is 6.10. The summed E-state index contributed by atoms with van der Waals surface area (Å²) < 4.78 is 5.28. The Morgan fingerprint density at radius 1 is 1.35 bits per heavy atom. The fourth-order valence-electron chi connectivity index (χ4n) is 2.34. The Hall–Kier alpha value is -2.30. The van der Waals surface area contributed by atoms with Crippen LogP contribution in [0.25, 0.3) is 10.9 Å². The van der Waals surface area contributed by atoms with Crippen molar-refractivity contribution in [3.63, 3.8) is 0 Å². The fraction of sp³-hybridized carbons (Fsp3) is 0.333. The van der Waals surface area contributed by atoms with Gasteiger partial charge in [0.1, 0.15) is 5.75 Å². The Balaban J connectivity index is 2.28. The van der Waals surface area contributed by atoms with Crippen LogP contribution in [0.15, 0.2) is 24.4 Å². The average molecular weight is 275 g/mol. The van der Waals surface area contributed by atoms with Crippen LogP contribution < -0.4 is 4.74 Å². The molecule has 0 saturated heterocycles. The minimum absolute atomic E-state index is 0.00870. The zero-order valence-electron chi connectivity index (χ0n) is 11.5. The summed E-state index contributed by atoms with van der Waals surface area (Å²) in [7, 11) is 1.56. The highest BCUT2D eigenvalue weighted by Gasteiger charge is 2.19. The first-order chi connectivity index (χ1) is 9.52. The third-order valence-electron chi connectivity index (χ3n) is 3.24. The van der Waals surface area contributed by atoms with Gasteiger partial charge in [0.25, 0.3) is 0 Å². The number of carbonyl (C=O) groups is 2. The molecule has 1 heterocycles. The van der Waals surface area contributed by atoms with Crippen LogP contribution in [0.2, 0.25) is 0 Å². The lowest BCUT2D eigenvalue weighted by Gasteiger charge is -2.08. The molecule has 1 aromatic carbocycles. The van der Waals surface area contributed by atoms with Crippen LogP contribution in [-0.2, 0) is 4.79 Å². The lowest BCUT2D eigenvalue weighted by Crippen LogP contribution is -2.10. The first kappa shape index (κ1) is 14.1. The van der Waals surface area contributed by atoms with Gasteiger partial charge >= 0.3 is 5.97 Å². The first-order valence-corrected chi connectivity index (χ1v) is 6.42. The van der Waals surface area contributed by atoms with Crippen LogP contribution >= 0.6 is 0 Å². The molecule has 106 valence electrons. The van der Waals surface area contributed by atoms with Gasteiger partial charge in [0.2, 0.25) is 0 Å². The van der Waals surface area contributed by atoms with Crippen molar-refractivity contribution in [2.24, 2.45) is 5.92 Å². The molecule has 0 amide bonds. The number of hydrogen-bond acceptors (Lipinski definition) is 3. The van der Waals surface area contributed by atoms with Crippen molar-refractivity contribution >= 4 is 22.7 Å². The predicted octanol–water partition coefficient (Wildman–Crippen LogP) is 2.86. The van der Waals surface area contributed by atoms with Crippen LogP contribution in [0.4, 0.5) is 0 Å². The molecular weight excluding hydrogens is 258 g/mol. The normalized spacial score (nSPS) is 12.3. The quantitative estimate of drug-likeness (QED) is 0.794. The van der Waals surface area contributed by atoms with Crippen molar-refractivity contribution in [3.8, 4) is 5.75 Å². The van der Waals surface area contributed by atoms with E-state index in [1.54, 1.807) is 26.3 Å². The zero-order chi connectivity index (χ0) is 14.7. The molecular formula is C15H17NO4. The van der Waals surface area contributed by atoms with Gasteiger partial charge in [-0.05, 0) is 18.1 Å². The molecule has 0 spiro atoms. The highest BCUT2D eigenvalue weighted by Crippen LogP contribution is 2.30. The van der Waals surface area contributed by atoms with Gasteiger partial charge in [0.15, 0.2) is 5.78 Å². The van der Waals surface area contributed by atoms with E-state index in [9.17, 15) is 9.59 Å². The van der Waals surface area contributed by atoms with Crippen molar-refractivity contribution in [1.29, 1.82) is 0 Å². The topological polar surface area (TPSA) is 79.4 Å². The summed E-state index contributed by atoms with van der Waals surface area (Å²) in [4.78, 5) is 26.0. The number of benzene rings is 1. The molecule has 1 unspecified atom stereocenters. The van der Waals surface area contributed by atoms with E-state index in [-0.39, 0.29) is 24.5 Å². The van der Waals surface area contributed by atoms with E-state index in [1.807, 2.05) is 12.1 Å². The van der Waals surface area contributed by atoms with Crippen molar-refractivity contribution < 1.29 is 19.4 Å². The third kappa shape index (κ3) is 2.82. The Morgan fingerprint density at radius 2 is 2.10 bits per heavy atom. The van der Waals surface area contributed by atoms with E-state index in [0.717, 1.165) is 10.9 Å². The number of carboxylic acids is 1. The van der Waals surface area contributed by atoms with Crippen molar-refractivity contribution in [1.82, 2.24) is 4.98 Å². The second-order valence-corrected chi connectivity index (χ2v) is 4.92. The Bertz CT molecular complexity index is 644. The van der Waals surface area contributed by atoms with E-state index in [1.165, 1.54) is 0 Å². The molecule has 0 fully saturated rings. The van der Waals surface area contributed by atoms with E-state index < -0.39 is 5.97 Å². The van der Waals surface area contributed by atoms with E-state index in [0.29, 0.717) is 11.3 Å². The fourth-order valence-corrected chi connectivity index (χ4v) is 2.34. The molecule has 0 aliphatic carbocycles. The second kappa shape index (κ2) is 5.77. The van der Waals surface area contributed by atoms with Crippen molar-refractivity contribution in [3.05, 3.63) is 30.0 Å². The molecule has 2 N–H and O–H groups in total. The number of carbonyl (C=O) groups excluding carboxylic acids is 1. The number of H-pyrrole nitrogens is 1. The van der Waals surface area contributed by atoms with Crippen LogP contribution in [-0.4, -0.2) is 29.0 Å². The number of Topliss-reactive ketones (excluding diaryl/α,β-unsaturated/α-hetero) is 1. The molecule has 5 nitrogen and oxygen atoms in total. The number of rotatable bonds is 6. The lowest BCUT2D eigenvalue weighted by molar-refractivity contribution is -0.137. The Kier molecular flexibility index (Phi) is 4.08. The number of aromatic amines is 1. The van der Waals surface area contributed by atoms with Crippen molar-refractivity contribution in [2.45, 2.75) is 19.8 Å². The van der Waals surface area contributed by atoms with Gasteiger partial charge in [-0.25, -0.2) is 0 Å². The van der Waals surface area contributed by atoms with Gasteiger partial charge in [-0.15, -0.1) is 0 Å². The van der Waals surface area contributed by atoms with E-state index in [4.69, 9.17) is 9.84 Å². The van der Waals surface area contributed by atoms with Crippen LogP contribution in [0.3, 0.4) is 0 Å². The summed E-state index contributed by atoms with van der Waals surface area (Å²) in [5, 5.41) is 9.50. The van der Waals surface area contributed by atoms with Crippen LogP contribution in [0.1, 0.15) is 30.1 Å².